The van der Waals surface area contributed by atoms with Crippen molar-refractivity contribution in [2.45, 2.75) is 13.5 Å². The van der Waals surface area contributed by atoms with Crippen molar-refractivity contribution in [3.8, 4) is 28.6 Å². The van der Waals surface area contributed by atoms with Crippen molar-refractivity contribution in [1.29, 1.82) is 5.26 Å². The monoisotopic (exact) mass is 385 g/mol. The maximum Gasteiger partial charge on any atom is 0.325 e. The number of nitrogens with zero attached hydrogens (tertiary/aromatic N) is 5. The fourth-order valence-corrected chi connectivity index (χ4v) is 2.99. The molecule has 0 saturated heterocycles. The van der Waals surface area contributed by atoms with E-state index in [1.807, 2.05) is 29.8 Å². The lowest BCUT2D eigenvalue weighted by Gasteiger charge is -2.11. The smallest absolute Gasteiger partial charge is 0.313 e. The van der Waals surface area contributed by atoms with Crippen molar-refractivity contribution in [2.75, 3.05) is 0 Å². The molecule has 0 spiro atoms. The van der Waals surface area contributed by atoms with Crippen molar-refractivity contribution in [3.63, 3.8) is 0 Å². The molecule has 1 aromatic carbocycles. The molecule has 9 heteroatoms. The van der Waals surface area contributed by atoms with Gasteiger partial charge in [0.2, 0.25) is 0 Å². The number of hydrogen-bond donors (Lipinski definition) is 2. The number of aryl methyl sites for hydroxylation is 1. The molecular formula is C20H15N7O2. The number of rotatable bonds is 4. The van der Waals surface area contributed by atoms with Crippen LogP contribution in [-0.4, -0.2) is 29.9 Å². The number of aromatic amines is 2. The van der Waals surface area contributed by atoms with Crippen LogP contribution in [0.25, 0.3) is 22.5 Å². The largest absolute Gasteiger partial charge is 0.325 e. The molecule has 0 radical (unpaired) electrons. The second-order valence-electron chi connectivity index (χ2n) is 6.40. The van der Waals surface area contributed by atoms with E-state index in [2.05, 4.69) is 31.3 Å². The molecule has 3 aromatic heterocycles. The quantitative estimate of drug-likeness (QED) is 0.548. The van der Waals surface area contributed by atoms with Crippen LogP contribution in [0.4, 0.5) is 0 Å². The highest BCUT2D eigenvalue weighted by Gasteiger charge is 2.14. The second kappa shape index (κ2) is 7.36. The van der Waals surface area contributed by atoms with Gasteiger partial charge in [0, 0.05) is 18.0 Å². The summed E-state index contributed by atoms with van der Waals surface area (Å²) < 4.78 is 1.81. The molecule has 142 valence electrons. The first-order chi connectivity index (χ1) is 14.0. The van der Waals surface area contributed by atoms with Crippen LogP contribution in [0.15, 0.2) is 58.4 Å². The highest BCUT2D eigenvalue weighted by Crippen LogP contribution is 2.25. The Labute approximate surface area is 164 Å². The zero-order valence-electron chi connectivity index (χ0n) is 15.4. The van der Waals surface area contributed by atoms with Crippen molar-refractivity contribution in [3.05, 3.63) is 86.5 Å². The van der Waals surface area contributed by atoms with Crippen LogP contribution in [0.2, 0.25) is 0 Å². The minimum absolute atomic E-state index is 0.219. The van der Waals surface area contributed by atoms with Gasteiger partial charge in [-0.1, -0.05) is 12.1 Å². The SMILES string of the molecule is Cc1nnc(-c2c[nH]c(=O)[nH]c2=O)cc1-c1ccnn1Cc1ccc(C#N)cc1. The Morgan fingerprint density at radius 2 is 1.90 bits per heavy atom. The standard InChI is InChI=1S/C20H15N7O2/c1-12-15(8-17(26-25-12)16-10-22-20(29)24-19(16)28)18-6-7-23-27(18)11-14-4-2-13(9-21)3-5-14/h2-8,10H,11H2,1H3,(H2,22,24,28,29). The van der Waals surface area contributed by atoms with Crippen molar-refractivity contribution < 1.29 is 0 Å². The van der Waals surface area contributed by atoms with E-state index in [1.165, 1.54) is 6.20 Å². The van der Waals surface area contributed by atoms with Gasteiger partial charge in [-0.05, 0) is 36.8 Å². The van der Waals surface area contributed by atoms with Gasteiger partial charge < -0.3 is 4.98 Å². The van der Waals surface area contributed by atoms with Gasteiger partial charge in [0.25, 0.3) is 5.56 Å². The third kappa shape index (κ3) is 3.59. The van der Waals surface area contributed by atoms with Gasteiger partial charge in [0.1, 0.15) is 5.69 Å². The summed E-state index contributed by atoms with van der Waals surface area (Å²) in [6, 6.07) is 13.0. The number of benzene rings is 1. The first-order valence-corrected chi connectivity index (χ1v) is 8.73. The number of hydrogen-bond acceptors (Lipinski definition) is 6. The number of aromatic nitrogens is 6. The van der Waals surface area contributed by atoms with Gasteiger partial charge >= 0.3 is 5.69 Å². The molecule has 9 nitrogen and oxygen atoms in total. The predicted octanol–water partition coefficient (Wildman–Crippen LogP) is 1.61. The van der Waals surface area contributed by atoms with Crippen LogP contribution < -0.4 is 11.2 Å². The van der Waals surface area contributed by atoms with Crippen LogP contribution >= 0.6 is 0 Å². The Morgan fingerprint density at radius 3 is 2.62 bits per heavy atom. The molecule has 3 heterocycles. The first kappa shape index (κ1) is 18.1. The molecule has 0 unspecified atom stereocenters. The molecule has 29 heavy (non-hydrogen) atoms. The summed E-state index contributed by atoms with van der Waals surface area (Å²) in [5, 5.41) is 21.6. The fraction of sp³-hybridized carbons (Fsp3) is 0.100. The molecule has 0 fully saturated rings. The molecule has 0 bridgehead atoms. The maximum absolute atomic E-state index is 12.1. The Morgan fingerprint density at radius 1 is 1.10 bits per heavy atom. The lowest BCUT2D eigenvalue weighted by molar-refractivity contribution is 0.693. The van der Waals surface area contributed by atoms with Gasteiger partial charge in [-0.15, -0.1) is 5.10 Å². The molecule has 0 amide bonds. The third-order valence-corrected chi connectivity index (χ3v) is 4.48. The Balaban J connectivity index is 1.74. The fourth-order valence-electron chi connectivity index (χ4n) is 2.99. The summed E-state index contributed by atoms with van der Waals surface area (Å²) in [5.74, 6) is 0. The topological polar surface area (TPSA) is 133 Å². The van der Waals surface area contributed by atoms with Gasteiger partial charge in [-0.2, -0.15) is 15.5 Å². The van der Waals surface area contributed by atoms with Crippen molar-refractivity contribution in [1.82, 2.24) is 29.9 Å². The summed E-state index contributed by atoms with van der Waals surface area (Å²) in [6.07, 6.45) is 3.00. The average Bonchev–Trinajstić information content (AvgIpc) is 3.17. The number of nitriles is 1. The zero-order chi connectivity index (χ0) is 20.4. The number of nitrogens with one attached hydrogen (secondary N) is 2. The second-order valence-corrected chi connectivity index (χ2v) is 6.40. The molecule has 0 atom stereocenters. The predicted molar refractivity (Wildman–Crippen MR) is 105 cm³/mol. The van der Waals surface area contributed by atoms with Gasteiger partial charge in [0.05, 0.1) is 35.1 Å². The summed E-state index contributed by atoms with van der Waals surface area (Å²) in [7, 11) is 0. The van der Waals surface area contributed by atoms with Crippen LogP contribution in [0.3, 0.4) is 0 Å². The number of H-pyrrole nitrogens is 2. The normalized spacial score (nSPS) is 10.6. The molecular weight excluding hydrogens is 370 g/mol. The Kier molecular flexibility index (Phi) is 4.58. The van der Waals surface area contributed by atoms with E-state index >= 15 is 0 Å². The van der Waals surface area contributed by atoms with Crippen LogP contribution in [0, 0.1) is 18.3 Å². The molecule has 0 aliphatic heterocycles. The zero-order valence-corrected chi connectivity index (χ0v) is 15.4. The molecule has 0 saturated carbocycles. The van der Waals surface area contributed by atoms with Crippen LogP contribution in [0.5, 0.6) is 0 Å². The van der Waals surface area contributed by atoms with Crippen molar-refractivity contribution >= 4 is 0 Å². The molecule has 2 N–H and O–H groups in total. The molecule has 0 aliphatic rings. The Bertz CT molecular complexity index is 1340. The molecule has 4 rings (SSSR count). The summed E-state index contributed by atoms with van der Waals surface area (Å²) >= 11 is 0. The molecule has 4 aromatic rings. The van der Waals surface area contributed by atoms with Crippen LogP contribution in [-0.2, 0) is 6.54 Å². The van der Waals surface area contributed by atoms with Crippen LogP contribution in [0.1, 0.15) is 16.8 Å². The van der Waals surface area contributed by atoms with Gasteiger partial charge in [-0.25, -0.2) is 4.79 Å². The third-order valence-electron chi connectivity index (χ3n) is 4.48. The van der Waals surface area contributed by atoms with E-state index < -0.39 is 11.2 Å². The van der Waals surface area contributed by atoms with E-state index in [-0.39, 0.29) is 5.56 Å². The maximum atomic E-state index is 12.1. The summed E-state index contributed by atoms with van der Waals surface area (Å²) in [4.78, 5) is 28.0. The van der Waals surface area contributed by atoms with Crippen molar-refractivity contribution in [2.24, 2.45) is 0 Å². The van der Waals surface area contributed by atoms with E-state index in [1.54, 1.807) is 24.4 Å². The van der Waals surface area contributed by atoms with Gasteiger partial charge in [-0.3, -0.25) is 14.5 Å². The summed E-state index contributed by atoms with van der Waals surface area (Å²) in [5.41, 5.74) is 3.28. The minimum Gasteiger partial charge on any atom is -0.313 e. The average molecular weight is 385 g/mol. The van der Waals surface area contributed by atoms with E-state index in [4.69, 9.17) is 5.26 Å². The highest BCUT2D eigenvalue weighted by molar-refractivity contribution is 5.68. The first-order valence-electron chi connectivity index (χ1n) is 8.73. The lowest BCUT2D eigenvalue weighted by atomic mass is 10.1. The van der Waals surface area contributed by atoms with E-state index in [0.717, 1.165) is 16.8 Å². The van der Waals surface area contributed by atoms with E-state index in [9.17, 15) is 9.59 Å². The lowest BCUT2D eigenvalue weighted by Crippen LogP contribution is -2.23. The Hall–Kier alpha value is -4.32. The highest BCUT2D eigenvalue weighted by atomic mass is 16.2. The minimum atomic E-state index is -0.584. The summed E-state index contributed by atoms with van der Waals surface area (Å²) in [6.45, 7) is 2.33. The van der Waals surface area contributed by atoms with E-state index in [0.29, 0.717) is 23.5 Å². The van der Waals surface area contributed by atoms with Gasteiger partial charge in [0.15, 0.2) is 0 Å². The molecule has 0 aliphatic carbocycles.